The molecule has 1 aliphatic heterocycles. The quantitative estimate of drug-likeness (QED) is 0.755. The Morgan fingerprint density at radius 3 is 2.78 bits per heavy atom. The summed E-state index contributed by atoms with van der Waals surface area (Å²) in [6.45, 7) is 3.65. The van der Waals surface area contributed by atoms with Gasteiger partial charge in [-0.2, -0.15) is 0 Å². The summed E-state index contributed by atoms with van der Waals surface area (Å²) in [5.41, 5.74) is 2.21. The Morgan fingerprint density at radius 1 is 1.22 bits per heavy atom. The van der Waals surface area contributed by atoms with E-state index in [2.05, 4.69) is 15.2 Å². The smallest absolute Gasteiger partial charge is 0.220 e. The van der Waals surface area contributed by atoms with E-state index in [0.717, 1.165) is 42.1 Å². The van der Waals surface area contributed by atoms with Crippen LogP contribution in [-0.4, -0.2) is 48.6 Å². The fourth-order valence-electron chi connectivity index (χ4n) is 3.37. The number of hydrogen-bond donors (Lipinski definition) is 1. The SMILES string of the molecule is O=C(CCCc1cccnc1)NCC(c1ccccc1Cl)N1CCOCC1. The highest BCUT2D eigenvalue weighted by atomic mass is 35.5. The van der Waals surface area contributed by atoms with Crippen LogP contribution in [0.2, 0.25) is 5.02 Å². The van der Waals surface area contributed by atoms with Crippen LogP contribution < -0.4 is 5.32 Å². The summed E-state index contributed by atoms with van der Waals surface area (Å²) in [7, 11) is 0. The first kappa shape index (κ1) is 19.8. The molecule has 5 nitrogen and oxygen atoms in total. The maximum Gasteiger partial charge on any atom is 0.220 e. The number of halogens is 1. The summed E-state index contributed by atoms with van der Waals surface area (Å²) in [5.74, 6) is 0.0733. The van der Waals surface area contributed by atoms with Crippen molar-refractivity contribution in [2.75, 3.05) is 32.8 Å². The number of hydrogen-bond acceptors (Lipinski definition) is 4. The highest BCUT2D eigenvalue weighted by Crippen LogP contribution is 2.27. The molecule has 144 valence electrons. The fraction of sp³-hybridized carbons (Fsp3) is 0.429. The Balaban J connectivity index is 1.54. The third-order valence-corrected chi connectivity index (χ3v) is 5.18. The van der Waals surface area contributed by atoms with E-state index in [-0.39, 0.29) is 11.9 Å². The van der Waals surface area contributed by atoms with Crippen molar-refractivity contribution < 1.29 is 9.53 Å². The van der Waals surface area contributed by atoms with Crippen molar-refractivity contribution in [3.8, 4) is 0 Å². The average Bonchev–Trinajstić information content (AvgIpc) is 2.71. The fourth-order valence-corrected chi connectivity index (χ4v) is 3.63. The standard InChI is InChI=1S/C21H26ClN3O2/c22-19-8-2-1-7-18(19)20(25-11-13-27-14-12-25)16-24-21(26)9-3-5-17-6-4-10-23-15-17/h1-2,4,6-8,10,15,20H,3,5,9,11-14,16H2,(H,24,26). The van der Waals surface area contributed by atoms with E-state index in [0.29, 0.717) is 26.2 Å². The average molecular weight is 388 g/mol. The molecular weight excluding hydrogens is 362 g/mol. The summed E-state index contributed by atoms with van der Waals surface area (Å²) in [5, 5.41) is 3.83. The molecule has 1 aromatic heterocycles. The van der Waals surface area contributed by atoms with Gasteiger partial charge < -0.3 is 10.1 Å². The van der Waals surface area contributed by atoms with Gasteiger partial charge in [-0.25, -0.2) is 0 Å². The molecule has 6 heteroatoms. The van der Waals surface area contributed by atoms with Crippen molar-refractivity contribution in [1.29, 1.82) is 0 Å². The monoisotopic (exact) mass is 387 g/mol. The van der Waals surface area contributed by atoms with E-state index in [1.807, 2.05) is 42.6 Å². The second-order valence-corrected chi connectivity index (χ2v) is 7.11. The lowest BCUT2D eigenvalue weighted by Gasteiger charge is -2.35. The topological polar surface area (TPSA) is 54.5 Å². The van der Waals surface area contributed by atoms with Gasteiger partial charge in [-0.1, -0.05) is 35.9 Å². The summed E-state index contributed by atoms with van der Waals surface area (Å²) in [6.07, 6.45) is 5.79. The molecule has 3 rings (SSSR count). The summed E-state index contributed by atoms with van der Waals surface area (Å²) in [6, 6.07) is 11.9. The van der Waals surface area contributed by atoms with Gasteiger partial charge in [0.15, 0.2) is 0 Å². The zero-order chi connectivity index (χ0) is 18.9. The van der Waals surface area contributed by atoms with E-state index in [1.165, 1.54) is 0 Å². The minimum atomic E-state index is 0.0601. The number of aromatic nitrogens is 1. The minimum absolute atomic E-state index is 0.0601. The highest BCUT2D eigenvalue weighted by Gasteiger charge is 2.24. The van der Waals surface area contributed by atoms with Crippen LogP contribution in [0.5, 0.6) is 0 Å². The van der Waals surface area contributed by atoms with E-state index in [4.69, 9.17) is 16.3 Å². The van der Waals surface area contributed by atoms with Crippen molar-refractivity contribution in [3.63, 3.8) is 0 Å². The van der Waals surface area contributed by atoms with Gasteiger partial charge in [-0.15, -0.1) is 0 Å². The van der Waals surface area contributed by atoms with Crippen LogP contribution in [-0.2, 0) is 16.0 Å². The number of rotatable bonds is 8. The maximum absolute atomic E-state index is 12.3. The molecule has 1 fully saturated rings. The third kappa shape index (κ3) is 6.03. The van der Waals surface area contributed by atoms with E-state index < -0.39 is 0 Å². The molecule has 2 aromatic rings. The van der Waals surface area contributed by atoms with Gasteiger partial charge in [0.1, 0.15) is 0 Å². The van der Waals surface area contributed by atoms with Crippen LogP contribution in [0.3, 0.4) is 0 Å². The first-order chi connectivity index (χ1) is 13.2. The van der Waals surface area contributed by atoms with Crippen LogP contribution in [0.15, 0.2) is 48.8 Å². The molecule has 27 heavy (non-hydrogen) atoms. The van der Waals surface area contributed by atoms with Gasteiger partial charge >= 0.3 is 0 Å². The molecule has 1 aromatic carbocycles. The predicted octanol–water partition coefficient (Wildman–Crippen LogP) is 3.25. The van der Waals surface area contributed by atoms with Crippen molar-refractivity contribution in [3.05, 3.63) is 64.9 Å². The van der Waals surface area contributed by atoms with E-state index in [9.17, 15) is 4.79 Å². The Labute approximate surface area is 165 Å². The largest absolute Gasteiger partial charge is 0.379 e. The lowest BCUT2D eigenvalue weighted by Crippen LogP contribution is -2.43. The molecule has 0 aliphatic carbocycles. The van der Waals surface area contributed by atoms with Crippen molar-refractivity contribution in [2.24, 2.45) is 0 Å². The summed E-state index contributed by atoms with van der Waals surface area (Å²) >= 11 is 6.43. The number of nitrogens with zero attached hydrogens (tertiary/aromatic N) is 2. The normalized spacial score (nSPS) is 16.0. The van der Waals surface area contributed by atoms with Crippen LogP contribution in [0, 0.1) is 0 Å². The molecule has 1 unspecified atom stereocenters. The summed E-state index contributed by atoms with van der Waals surface area (Å²) in [4.78, 5) is 18.8. The van der Waals surface area contributed by atoms with Gasteiger partial charge in [0.25, 0.3) is 0 Å². The molecule has 1 atom stereocenters. The van der Waals surface area contributed by atoms with Crippen LogP contribution in [0.25, 0.3) is 0 Å². The third-order valence-electron chi connectivity index (χ3n) is 4.84. The van der Waals surface area contributed by atoms with Gasteiger partial charge in [0.05, 0.1) is 19.3 Å². The highest BCUT2D eigenvalue weighted by molar-refractivity contribution is 6.31. The zero-order valence-corrected chi connectivity index (χ0v) is 16.2. The molecule has 1 N–H and O–H groups in total. The maximum atomic E-state index is 12.3. The predicted molar refractivity (Wildman–Crippen MR) is 107 cm³/mol. The first-order valence-electron chi connectivity index (χ1n) is 9.46. The number of aryl methyl sites for hydroxylation is 1. The second-order valence-electron chi connectivity index (χ2n) is 6.70. The van der Waals surface area contributed by atoms with Crippen LogP contribution >= 0.6 is 11.6 Å². The summed E-state index contributed by atoms with van der Waals surface area (Å²) < 4.78 is 5.47. The minimum Gasteiger partial charge on any atom is -0.379 e. The second kappa shape index (κ2) is 10.4. The molecule has 2 heterocycles. The number of amides is 1. The number of carbonyl (C=O) groups is 1. The van der Waals surface area contributed by atoms with Crippen molar-refractivity contribution >= 4 is 17.5 Å². The van der Waals surface area contributed by atoms with Gasteiger partial charge in [0.2, 0.25) is 5.91 Å². The number of carbonyl (C=O) groups excluding carboxylic acids is 1. The molecule has 0 bridgehead atoms. The van der Waals surface area contributed by atoms with Crippen molar-refractivity contribution in [2.45, 2.75) is 25.3 Å². The number of morpholine rings is 1. The molecule has 1 amide bonds. The van der Waals surface area contributed by atoms with Crippen molar-refractivity contribution in [1.82, 2.24) is 15.2 Å². The molecule has 0 radical (unpaired) electrons. The van der Waals surface area contributed by atoms with E-state index in [1.54, 1.807) is 6.20 Å². The number of pyridine rings is 1. The number of benzene rings is 1. The Morgan fingerprint density at radius 2 is 2.04 bits per heavy atom. The Bertz CT molecular complexity index is 720. The van der Waals surface area contributed by atoms with E-state index >= 15 is 0 Å². The molecular formula is C21H26ClN3O2. The Hall–Kier alpha value is -1.95. The lowest BCUT2D eigenvalue weighted by atomic mass is 10.0. The molecule has 0 saturated carbocycles. The van der Waals surface area contributed by atoms with Crippen LogP contribution in [0.1, 0.15) is 30.0 Å². The Kier molecular flexibility index (Phi) is 7.63. The van der Waals surface area contributed by atoms with Gasteiger partial charge in [0, 0.05) is 43.5 Å². The molecule has 1 saturated heterocycles. The zero-order valence-electron chi connectivity index (χ0n) is 15.4. The number of nitrogens with one attached hydrogen (secondary N) is 1. The van der Waals surface area contributed by atoms with Gasteiger partial charge in [-0.05, 0) is 36.1 Å². The number of ether oxygens (including phenoxy) is 1. The lowest BCUT2D eigenvalue weighted by molar-refractivity contribution is -0.121. The molecule has 1 aliphatic rings. The first-order valence-corrected chi connectivity index (χ1v) is 9.83. The molecule has 0 spiro atoms. The van der Waals surface area contributed by atoms with Gasteiger partial charge in [-0.3, -0.25) is 14.7 Å². The van der Waals surface area contributed by atoms with Crippen LogP contribution in [0.4, 0.5) is 0 Å².